The first-order valence-electron chi connectivity index (χ1n) is 6.79. The second-order valence-electron chi connectivity index (χ2n) is 5.42. The van der Waals surface area contributed by atoms with Gasteiger partial charge < -0.3 is 0 Å². The maximum atomic E-state index is 12.3. The Morgan fingerprint density at radius 3 is 2.17 bits per heavy atom. The highest BCUT2D eigenvalue weighted by molar-refractivity contribution is 5.99. The molecule has 0 aromatic heterocycles. The van der Waals surface area contributed by atoms with Gasteiger partial charge in [-0.2, -0.15) is 0 Å². The number of carbonyl (C=O) groups excluding carboxylic acids is 1. The van der Waals surface area contributed by atoms with E-state index in [0.29, 0.717) is 5.92 Å². The third-order valence-electron chi connectivity index (χ3n) is 3.34. The SMILES string of the molecule is CCc1ccc(C(=O)C(C)N(C)CC(C)C)cc1. The molecule has 0 fully saturated rings. The van der Waals surface area contributed by atoms with Crippen LogP contribution in [-0.2, 0) is 6.42 Å². The molecule has 0 aliphatic carbocycles. The van der Waals surface area contributed by atoms with Crippen molar-refractivity contribution < 1.29 is 4.79 Å². The lowest BCUT2D eigenvalue weighted by atomic mass is 10.0. The molecule has 1 unspecified atom stereocenters. The highest BCUT2D eigenvalue weighted by Gasteiger charge is 2.19. The number of hydrogen-bond acceptors (Lipinski definition) is 2. The fourth-order valence-electron chi connectivity index (χ4n) is 2.08. The quantitative estimate of drug-likeness (QED) is 0.718. The van der Waals surface area contributed by atoms with Gasteiger partial charge >= 0.3 is 0 Å². The van der Waals surface area contributed by atoms with Crippen molar-refractivity contribution in [2.24, 2.45) is 5.92 Å². The number of nitrogens with zero attached hydrogens (tertiary/aromatic N) is 1. The van der Waals surface area contributed by atoms with Gasteiger partial charge in [-0.3, -0.25) is 9.69 Å². The first-order valence-corrected chi connectivity index (χ1v) is 6.79. The summed E-state index contributed by atoms with van der Waals surface area (Å²) >= 11 is 0. The summed E-state index contributed by atoms with van der Waals surface area (Å²) in [4.78, 5) is 14.5. The number of ketones is 1. The zero-order chi connectivity index (χ0) is 13.7. The maximum Gasteiger partial charge on any atom is 0.179 e. The zero-order valence-corrected chi connectivity index (χ0v) is 12.2. The molecule has 1 rings (SSSR count). The van der Waals surface area contributed by atoms with Gasteiger partial charge in [0.1, 0.15) is 0 Å². The van der Waals surface area contributed by atoms with Crippen LogP contribution in [0.4, 0.5) is 0 Å². The smallest absolute Gasteiger partial charge is 0.179 e. The molecule has 0 spiro atoms. The topological polar surface area (TPSA) is 20.3 Å². The predicted molar refractivity (Wildman–Crippen MR) is 77.1 cm³/mol. The summed E-state index contributed by atoms with van der Waals surface area (Å²) in [6, 6.07) is 7.92. The van der Waals surface area contributed by atoms with Crippen molar-refractivity contribution >= 4 is 5.78 Å². The molecule has 1 aromatic rings. The van der Waals surface area contributed by atoms with Crippen LogP contribution in [0.2, 0.25) is 0 Å². The lowest BCUT2D eigenvalue weighted by Gasteiger charge is -2.25. The molecule has 0 aliphatic rings. The Bertz CT molecular complexity index is 381. The Morgan fingerprint density at radius 1 is 1.17 bits per heavy atom. The summed E-state index contributed by atoms with van der Waals surface area (Å²) in [5.41, 5.74) is 2.09. The Labute approximate surface area is 111 Å². The first kappa shape index (κ1) is 14.9. The molecule has 0 saturated heterocycles. The van der Waals surface area contributed by atoms with Crippen LogP contribution in [0.25, 0.3) is 0 Å². The summed E-state index contributed by atoms with van der Waals surface area (Å²) in [6.45, 7) is 9.39. The van der Waals surface area contributed by atoms with Crippen molar-refractivity contribution in [2.45, 2.75) is 40.2 Å². The molecule has 0 aliphatic heterocycles. The highest BCUT2D eigenvalue weighted by Crippen LogP contribution is 2.11. The molecule has 0 N–H and O–H groups in total. The van der Waals surface area contributed by atoms with Gasteiger partial charge in [0.2, 0.25) is 0 Å². The van der Waals surface area contributed by atoms with E-state index in [1.807, 2.05) is 38.2 Å². The fraction of sp³-hybridized carbons (Fsp3) is 0.562. The summed E-state index contributed by atoms with van der Waals surface area (Å²) < 4.78 is 0. The molecular formula is C16H25NO. The molecular weight excluding hydrogens is 222 g/mol. The van der Waals surface area contributed by atoms with Gasteiger partial charge in [-0.15, -0.1) is 0 Å². The summed E-state index contributed by atoms with van der Waals surface area (Å²) in [6.07, 6.45) is 1.01. The number of benzene rings is 1. The largest absolute Gasteiger partial charge is 0.296 e. The van der Waals surface area contributed by atoms with Gasteiger partial charge in [0, 0.05) is 12.1 Å². The lowest BCUT2D eigenvalue weighted by Crippen LogP contribution is -2.38. The van der Waals surface area contributed by atoms with E-state index in [1.54, 1.807) is 0 Å². The van der Waals surface area contributed by atoms with Crippen LogP contribution in [-0.4, -0.2) is 30.3 Å². The van der Waals surface area contributed by atoms with Gasteiger partial charge in [0.05, 0.1) is 6.04 Å². The van der Waals surface area contributed by atoms with E-state index in [1.165, 1.54) is 5.56 Å². The summed E-state index contributed by atoms with van der Waals surface area (Å²) in [7, 11) is 2.02. The normalized spacial score (nSPS) is 13.1. The Balaban J connectivity index is 2.73. The van der Waals surface area contributed by atoms with E-state index in [2.05, 4.69) is 25.7 Å². The molecule has 2 nitrogen and oxygen atoms in total. The van der Waals surface area contributed by atoms with Crippen molar-refractivity contribution in [2.75, 3.05) is 13.6 Å². The molecule has 0 saturated carbocycles. The van der Waals surface area contributed by atoms with Crippen LogP contribution in [0.5, 0.6) is 0 Å². The number of hydrogen-bond donors (Lipinski definition) is 0. The first-order chi connectivity index (χ1) is 8.45. The average Bonchev–Trinajstić information content (AvgIpc) is 2.36. The molecule has 0 radical (unpaired) electrons. The molecule has 2 heteroatoms. The van der Waals surface area contributed by atoms with Gasteiger partial charge in [0.25, 0.3) is 0 Å². The highest BCUT2D eigenvalue weighted by atomic mass is 16.1. The standard InChI is InChI=1S/C16H25NO/c1-6-14-7-9-15(10-8-14)16(18)13(4)17(5)11-12(2)3/h7-10,12-13H,6,11H2,1-5H3. The van der Waals surface area contributed by atoms with Gasteiger partial charge in [-0.05, 0) is 31.9 Å². The van der Waals surface area contributed by atoms with Crippen molar-refractivity contribution in [3.05, 3.63) is 35.4 Å². The Hall–Kier alpha value is -1.15. The van der Waals surface area contributed by atoms with E-state index >= 15 is 0 Å². The molecule has 0 bridgehead atoms. The molecule has 100 valence electrons. The monoisotopic (exact) mass is 247 g/mol. The number of carbonyl (C=O) groups is 1. The fourth-order valence-corrected chi connectivity index (χ4v) is 2.08. The van der Waals surface area contributed by atoms with Crippen LogP contribution in [0.3, 0.4) is 0 Å². The van der Waals surface area contributed by atoms with Crippen LogP contribution >= 0.6 is 0 Å². The Kier molecular flexibility index (Phi) is 5.54. The van der Waals surface area contributed by atoms with Gasteiger partial charge in [-0.25, -0.2) is 0 Å². The maximum absolute atomic E-state index is 12.3. The third-order valence-corrected chi connectivity index (χ3v) is 3.34. The van der Waals surface area contributed by atoms with Crippen LogP contribution < -0.4 is 0 Å². The second kappa shape index (κ2) is 6.69. The number of rotatable bonds is 6. The van der Waals surface area contributed by atoms with Crippen LogP contribution in [0, 0.1) is 5.92 Å². The number of Topliss-reactive ketones (excluding diaryl/α,β-unsaturated/α-hetero) is 1. The van der Waals surface area contributed by atoms with Gasteiger partial charge in [0.15, 0.2) is 5.78 Å². The minimum absolute atomic E-state index is 0.0557. The lowest BCUT2D eigenvalue weighted by molar-refractivity contribution is 0.0857. The van der Waals surface area contributed by atoms with Crippen LogP contribution in [0.15, 0.2) is 24.3 Å². The van der Waals surface area contributed by atoms with E-state index in [9.17, 15) is 4.79 Å². The van der Waals surface area contributed by atoms with E-state index < -0.39 is 0 Å². The Morgan fingerprint density at radius 2 is 1.72 bits per heavy atom. The molecule has 1 atom stereocenters. The summed E-state index contributed by atoms with van der Waals surface area (Å²) in [5.74, 6) is 0.786. The number of likely N-dealkylation sites (N-methyl/N-ethyl adjacent to an activating group) is 1. The minimum Gasteiger partial charge on any atom is -0.296 e. The van der Waals surface area contributed by atoms with Crippen molar-refractivity contribution in [3.63, 3.8) is 0 Å². The van der Waals surface area contributed by atoms with Crippen molar-refractivity contribution in [1.82, 2.24) is 4.90 Å². The van der Waals surface area contributed by atoms with E-state index in [-0.39, 0.29) is 11.8 Å². The van der Waals surface area contributed by atoms with Crippen LogP contribution in [0.1, 0.15) is 43.6 Å². The zero-order valence-electron chi connectivity index (χ0n) is 12.2. The van der Waals surface area contributed by atoms with E-state index in [0.717, 1.165) is 18.5 Å². The van der Waals surface area contributed by atoms with E-state index in [4.69, 9.17) is 0 Å². The molecule has 0 amide bonds. The molecule has 1 aromatic carbocycles. The molecule has 0 heterocycles. The molecule has 18 heavy (non-hydrogen) atoms. The third kappa shape index (κ3) is 3.95. The van der Waals surface area contributed by atoms with Crippen molar-refractivity contribution in [1.29, 1.82) is 0 Å². The summed E-state index contributed by atoms with van der Waals surface area (Å²) in [5, 5.41) is 0. The second-order valence-corrected chi connectivity index (χ2v) is 5.42. The number of aryl methyl sites for hydroxylation is 1. The van der Waals surface area contributed by atoms with Gasteiger partial charge in [-0.1, -0.05) is 45.0 Å². The minimum atomic E-state index is -0.0557. The van der Waals surface area contributed by atoms with Crippen molar-refractivity contribution in [3.8, 4) is 0 Å². The average molecular weight is 247 g/mol. The predicted octanol–water partition coefficient (Wildman–Crippen LogP) is 3.41.